The number of amides is 3. The zero-order chi connectivity index (χ0) is 20.0. The molecule has 1 heterocycles. The van der Waals surface area contributed by atoms with Crippen LogP contribution in [0.1, 0.15) is 19.3 Å². The third kappa shape index (κ3) is 6.46. The van der Waals surface area contributed by atoms with Crippen LogP contribution in [0.4, 0.5) is 23.7 Å². The largest absolute Gasteiger partial charge is 0.480 e. The highest BCUT2D eigenvalue weighted by Gasteiger charge is 2.38. The number of benzene rings is 1. The molecule has 2 unspecified atom stereocenters. The molecule has 0 spiro atoms. The molecule has 3 amide bonds. The fourth-order valence-electron chi connectivity index (χ4n) is 2.82. The van der Waals surface area contributed by atoms with Crippen molar-refractivity contribution in [3.8, 4) is 0 Å². The molecule has 0 radical (unpaired) electrons. The van der Waals surface area contributed by atoms with E-state index in [1.54, 1.807) is 30.3 Å². The summed E-state index contributed by atoms with van der Waals surface area (Å²) in [6.45, 7) is 0.399. The summed E-state index contributed by atoms with van der Waals surface area (Å²) in [6, 6.07) is 6.19. The van der Waals surface area contributed by atoms with Gasteiger partial charge in [-0.15, -0.1) is 0 Å². The minimum Gasteiger partial charge on any atom is -0.480 e. The van der Waals surface area contributed by atoms with Crippen molar-refractivity contribution in [2.24, 2.45) is 5.92 Å². The topological polar surface area (TPSA) is 98.7 Å². The number of hydrogen-bond acceptors (Lipinski definition) is 3. The molecule has 0 aliphatic carbocycles. The first-order valence-corrected chi connectivity index (χ1v) is 8.36. The highest BCUT2D eigenvalue weighted by atomic mass is 19.4. The summed E-state index contributed by atoms with van der Waals surface area (Å²) in [5.74, 6) is -3.32. The maximum absolute atomic E-state index is 12.5. The summed E-state index contributed by atoms with van der Waals surface area (Å²) < 4.78 is 37.4. The Morgan fingerprint density at radius 3 is 2.48 bits per heavy atom. The van der Waals surface area contributed by atoms with Gasteiger partial charge in [-0.3, -0.25) is 4.79 Å². The van der Waals surface area contributed by atoms with Gasteiger partial charge in [0.2, 0.25) is 5.91 Å². The van der Waals surface area contributed by atoms with Gasteiger partial charge in [0.15, 0.2) is 0 Å². The van der Waals surface area contributed by atoms with Crippen molar-refractivity contribution < 1.29 is 32.7 Å². The zero-order valence-electron chi connectivity index (χ0n) is 14.3. The van der Waals surface area contributed by atoms with E-state index in [-0.39, 0.29) is 6.54 Å². The van der Waals surface area contributed by atoms with E-state index in [0.29, 0.717) is 25.1 Å². The average molecular weight is 387 g/mol. The number of carboxylic acids is 1. The molecule has 1 aromatic carbocycles. The molecule has 0 bridgehead atoms. The van der Waals surface area contributed by atoms with Gasteiger partial charge in [0.25, 0.3) is 0 Å². The first-order valence-electron chi connectivity index (χ1n) is 8.36. The lowest BCUT2D eigenvalue weighted by atomic mass is 9.96. The zero-order valence-corrected chi connectivity index (χ0v) is 14.3. The number of carbonyl (C=O) groups excluding carboxylic acids is 2. The number of nitrogens with one attached hydrogen (secondary N) is 2. The number of nitrogens with zero attached hydrogens (tertiary/aromatic N) is 1. The smallest absolute Gasteiger partial charge is 0.391 e. The number of urea groups is 1. The lowest BCUT2D eigenvalue weighted by Crippen LogP contribution is -2.51. The molecule has 1 fully saturated rings. The number of halogens is 3. The molecule has 148 valence electrons. The molecule has 1 aliphatic rings. The third-order valence-corrected chi connectivity index (χ3v) is 4.15. The molecule has 1 aliphatic heterocycles. The predicted molar refractivity (Wildman–Crippen MR) is 90.0 cm³/mol. The Hall–Kier alpha value is -2.78. The third-order valence-electron chi connectivity index (χ3n) is 4.15. The number of anilines is 1. The van der Waals surface area contributed by atoms with Crippen molar-refractivity contribution in [3.63, 3.8) is 0 Å². The molecule has 0 aromatic heterocycles. The summed E-state index contributed by atoms with van der Waals surface area (Å²) in [6.07, 6.45) is -5.53. The predicted octanol–water partition coefficient (Wildman–Crippen LogP) is 2.45. The minimum absolute atomic E-state index is 0.00283. The van der Waals surface area contributed by atoms with Crippen LogP contribution >= 0.6 is 0 Å². The van der Waals surface area contributed by atoms with E-state index in [9.17, 15) is 27.6 Å². The normalized spacial score (nSPS) is 18.5. The van der Waals surface area contributed by atoms with Crippen LogP contribution in [0.5, 0.6) is 0 Å². The number of likely N-dealkylation sites (tertiary alicyclic amines) is 1. The van der Waals surface area contributed by atoms with Gasteiger partial charge >= 0.3 is 18.2 Å². The number of aliphatic carboxylic acids is 1. The number of carbonyl (C=O) groups is 3. The number of carboxylic acid groups (broad SMARTS) is 1. The highest BCUT2D eigenvalue weighted by molar-refractivity contribution is 5.90. The molecule has 1 aromatic rings. The second-order valence-electron chi connectivity index (χ2n) is 6.30. The second-order valence-corrected chi connectivity index (χ2v) is 6.30. The Kier molecular flexibility index (Phi) is 6.65. The SMILES string of the molecule is O=C(NC(CC(F)(F)F)C(=O)O)C1CCCN(C(=O)Nc2ccccc2)C1. The standard InChI is InChI=1S/C17H20F3N3O4/c18-17(19,20)9-13(15(25)26)22-14(24)11-5-4-8-23(10-11)16(27)21-12-6-2-1-3-7-12/h1-3,6-7,11,13H,4-5,8-10H2,(H,21,27)(H,22,24)(H,25,26). The van der Waals surface area contributed by atoms with Gasteiger partial charge in [-0.25, -0.2) is 9.59 Å². The highest BCUT2D eigenvalue weighted by Crippen LogP contribution is 2.23. The van der Waals surface area contributed by atoms with Crippen molar-refractivity contribution in [1.29, 1.82) is 0 Å². The van der Waals surface area contributed by atoms with Gasteiger partial charge in [0, 0.05) is 18.8 Å². The number of para-hydroxylation sites is 1. The number of rotatable bonds is 5. The van der Waals surface area contributed by atoms with Crippen molar-refractivity contribution in [3.05, 3.63) is 30.3 Å². The second kappa shape index (κ2) is 8.74. The molecule has 1 saturated heterocycles. The Bertz CT molecular complexity index is 682. The van der Waals surface area contributed by atoms with Gasteiger partial charge in [-0.05, 0) is 25.0 Å². The maximum atomic E-state index is 12.5. The van der Waals surface area contributed by atoms with Crippen LogP contribution in [0.2, 0.25) is 0 Å². The minimum atomic E-state index is -4.72. The summed E-state index contributed by atoms with van der Waals surface area (Å²) >= 11 is 0. The van der Waals surface area contributed by atoms with E-state index in [0.717, 1.165) is 0 Å². The Labute approximate surface area is 153 Å². The Balaban J connectivity index is 1.94. The van der Waals surface area contributed by atoms with E-state index in [1.165, 1.54) is 4.90 Å². The first-order chi connectivity index (χ1) is 12.7. The van der Waals surface area contributed by atoms with Crippen molar-refractivity contribution in [1.82, 2.24) is 10.2 Å². The molecule has 2 atom stereocenters. The van der Waals surface area contributed by atoms with Crippen LogP contribution < -0.4 is 10.6 Å². The summed E-state index contributed by atoms with van der Waals surface area (Å²) in [5.41, 5.74) is 0.574. The molecule has 2 rings (SSSR count). The molecular formula is C17H20F3N3O4. The monoisotopic (exact) mass is 387 g/mol. The van der Waals surface area contributed by atoms with E-state index in [4.69, 9.17) is 5.11 Å². The van der Waals surface area contributed by atoms with Gasteiger partial charge in [-0.1, -0.05) is 18.2 Å². The van der Waals surface area contributed by atoms with Crippen LogP contribution in [0.15, 0.2) is 30.3 Å². The molecule has 7 nitrogen and oxygen atoms in total. The maximum Gasteiger partial charge on any atom is 0.391 e. The van der Waals surface area contributed by atoms with Crippen molar-refractivity contribution >= 4 is 23.6 Å². The molecule has 0 saturated carbocycles. The first kappa shape index (κ1) is 20.5. The lowest BCUT2D eigenvalue weighted by Gasteiger charge is -2.32. The molecule has 10 heteroatoms. The number of alkyl halides is 3. The van der Waals surface area contributed by atoms with Crippen LogP contribution in [0.25, 0.3) is 0 Å². The van der Waals surface area contributed by atoms with E-state index in [2.05, 4.69) is 5.32 Å². The molecular weight excluding hydrogens is 367 g/mol. The number of hydrogen-bond donors (Lipinski definition) is 3. The van der Waals surface area contributed by atoms with E-state index < -0.39 is 42.5 Å². The lowest BCUT2D eigenvalue weighted by molar-refractivity contribution is -0.160. The van der Waals surface area contributed by atoms with E-state index >= 15 is 0 Å². The summed E-state index contributed by atoms with van der Waals surface area (Å²) in [5, 5.41) is 13.5. The average Bonchev–Trinajstić information content (AvgIpc) is 2.61. The van der Waals surface area contributed by atoms with Crippen molar-refractivity contribution in [2.45, 2.75) is 31.5 Å². The molecule has 3 N–H and O–H groups in total. The van der Waals surface area contributed by atoms with Gasteiger partial charge in [0.05, 0.1) is 12.3 Å². The van der Waals surface area contributed by atoms with Crippen LogP contribution in [-0.2, 0) is 9.59 Å². The fourth-order valence-corrected chi connectivity index (χ4v) is 2.82. The van der Waals surface area contributed by atoms with Crippen molar-refractivity contribution in [2.75, 3.05) is 18.4 Å². The Morgan fingerprint density at radius 1 is 1.22 bits per heavy atom. The summed E-state index contributed by atoms with van der Waals surface area (Å²) in [4.78, 5) is 36.9. The number of piperidine rings is 1. The quantitative estimate of drug-likeness (QED) is 0.723. The Morgan fingerprint density at radius 2 is 1.89 bits per heavy atom. The van der Waals surface area contributed by atoms with Crippen LogP contribution in [0.3, 0.4) is 0 Å². The van der Waals surface area contributed by atoms with E-state index in [1.807, 2.05) is 5.32 Å². The fraction of sp³-hybridized carbons (Fsp3) is 0.471. The van der Waals surface area contributed by atoms with Crippen LogP contribution in [-0.4, -0.2) is 53.2 Å². The van der Waals surface area contributed by atoms with Gasteiger partial charge in [0.1, 0.15) is 6.04 Å². The summed E-state index contributed by atoms with van der Waals surface area (Å²) in [7, 11) is 0. The van der Waals surface area contributed by atoms with Crippen LogP contribution in [0, 0.1) is 5.92 Å². The van der Waals surface area contributed by atoms with Gasteiger partial charge < -0.3 is 20.6 Å². The van der Waals surface area contributed by atoms with Gasteiger partial charge in [-0.2, -0.15) is 13.2 Å². The molecule has 27 heavy (non-hydrogen) atoms.